The van der Waals surface area contributed by atoms with Crippen molar-refractivity contribution in [3.63, 3.8) is 0 Å². The first-order valence-electron chi connectivity index (χ1n) is 18.2. The molecule has 9 aromatic carbocycles. The van der Waals surface area contributed by atoms with Crippen molar-refractivity contribution in [2.45, 2.75) is 0 Å². The standard InChI is InChI=1S/C51H32N2/c1-2-11-33(12-3-1)39-28-38-16-10-22-50-51(38)47(31-39)48-32-52-26-25-49(48)53(50)40-17-9-15-36(29-40)34-13-8-14-35(27-34)37-23-24-45-43-20-5-4-18-41(43)42-19-6-7-21-44(42)46(45)30-37/h1-32H. The monoisotopic (exact) mass is 672 g/mol. The van der Waals surface area contributed by atoms with Crippen molar-refractivity contribution in [1.82, 2.24) is 4.98 Å². The zero-order chi connectivity index (χ0) is 34.9. The average molecular weight is 673 g/mol. The first-order chi connectivity index (χ1) is 26.3. The maximum atomic E-state index is 4.62. The molecule has 1 aliphatic rings. The van der Waals surface area contributed by atoms with E-state index in [-0.39, 0.29) is 0 Å². The van der Waals surface area contributed by atoms with Gasteiger partial charge in [-0.3, -0.25) is 4.98 Å². The van der Waals surface area contributed by atoms with E-state index in [9.17, 15) is 0 Å². The Morgan fingerprint density at radius 1 is 0.340 bits per heavy atom. The summed E-state index contributed by atoms with van der Waals surface area (Å²) in [5.41, 5.74) is 13.0. The van der Waals surface area contributed by atoms with E-state index in [2.05, 4.69) is 192 Å². The van der Waals surface area contributed by atoms with Gasteiger partial charge in [-0.05, 0) is 125 Å². The Morgan fingerprint density at radius 3 is 1.70 bits per heavy atom. The molecule has 0 unspecified atom stereocenters. The van der Waals surface area contributed by atoms with Gasteiger partial charge in [0.25, 0.3) is 0 Å². The fraction of sp³-hybridized carbons (Fsp3) is 0. The molecular weight excluding hydrogens is 641 g/mol. The minimum absolute atomic E-state index is 1.12. The maximum Gasteiger partial charge on any atom is 0.0571 e. The van der Waals surface area contributed by atoms with Crippen molar-refractivity contribution < 1.29 is 0 Å². The Kier molecular flexibility index (Phi) is 6.59. The van der Waals surface area contributed by atoms with E-state index >= 15 is 0 Å². The summed E-state index contributed by atoms with van der Waals surface area (Å²) in [6.45, 7) is 0. The van der Waals surface area contributed by atoms with Gasteiger partial charge in [0.2, 0.25) is 0 Å². The fourth-order valence-electron chi connectivity index (χ4n) is 8.59. The van der Waals surface area contributed by atoms with Crippen molar-refractivity contribution in [2.75, 3.05) is 4.90 Å². The van der Waals surface area contributed by atoms with Gasteiger partial charge in [-0.1, -0.05) is 133 Å². The molecule has 0 bridgehead atoms. The third kappa shape index (κ3) is 4.70. The minimum Gasteiger partial charge on any atom is -0.309 e. The highest BCUT2D eigenvalue weighted by molar-refractivity contribution is 6.25. The van der Waals surface area contributed by atoms with Crippen LogP contribution in [0.1, 0.15) is 0 Å². The third-order valence-electron chi connectivity index (χ3n) is 11.0. The summed E-state index contributed by atoms with van der Waals surface area (Å²) in [5.74, 6) is 0. The lowest BCUT2D eigenvalue weighted by Gasteiger charge is -2.33. The Bertz CT molecular complexity index is 3030. The summed E-state index contributed by atoms with van der Waals surface area (Å²) >= 11 is 0. The lowest BCUT2D eigenvalue weighted by atomic mass is 9.88. The van der Waals surface area contributed by atoms with Crippen LogP contribution in [0.2, 0.25) is 0 Å². The second-order valence-corrected chi connectivity index (χ2v) is 14.0. The van der Waals surface area contributed by atoms with Crippen LogP contribution in [0.5, 0.6) is 0 Å². The minimum atomic E-state index is 1.12. The molecule has 2 heterocycles. The smallest absolute Gasteiger partial charge is 0.0571 e. The van der Waals surface area contributed by atoms with E-state index in [1.807, 2.05) is 12.4 Å². The quantitative estimate of drug-likeness (QED) is 0.173. The van der Waals surface area contributed by atoms with Crippen molar-refractivity contribution >= 4 is 60.2 Å². The molecule has 0 radical (unpaired) electrons. The molecule has 246 valence electrons. The van der Waals surface area contributed by atoms with Gasteiger partial charge < -0.3 is 4.90 Å². The summed E-state index contributed by atoms with van der Waals surface area (Å²) in [5, 5.41) is 10.2. The van der Waals surface area contributed by atoms with Crippen LogP contribution in [-0.4, -0.2) is 4.98 Å². The number of rotatable bonds is 4. The Hall–Kier alpha value is -7.03. The van der Waals surface area contributed by atoms with E-state index < -0.39 is 0 Å². The number of fused-ring (bicyclic) bond motifs is 8. The second kappa shape index (κ2) is 11.8. The summed E-state index contributed by atoms with van der Waals surface area (Å²) < 4.78 is 0. The molecule has 0 N–H and O–H groups in total. The molecule has 2 nitrogen and oxygen atoms in total. The van der Waals surface area contributed by atoms with E-state index in [0.717, 1.165) is 16.9 Å². The maximum absolute atomic E-state index is 4.62. The van der Waals surface area contributed by atoms with E-state index in [1.54, 1.807) is 0 Å². The predicted octanol–water partition coefficient (Wildman–Crippen LogP) is 14.1. The molecule has 1 aliphatic heterocycles. The molecule has 0 fully saturated rings. The molecule has 0 saturated carbocycles. The molecule has 0 saturated heterocycles. The number of anilines is 3. The lowest BCUT2D eigenvalue weighted by Crippen LogP contribution is -2.15. The molecule has 53 heavy (non-hydrogen) atoms. The highest BCUT2D eigenvalue weighted by Crippen LogP contribution is 2.52. The molecule has 0 spiro atoms. The van der Waals surface area contributed by atoms with E-state index in [4.69, 9.17) is 0 Å². The van der Waals surface area contributed by atoms with Gasteiger partial charge in [-0.15, -0.1) is 0 Å². The van der Waals surface area contributed by atoms with E-state index in [1.165, 1.54) is 87.7 Å². The van der Waals surface area contributed by atoms with Crippen molar-refractivity contribution in [1.29, 1.82) is 0 Å². The van der Waals surface area contributed by atoms with Crippen LogP contribution in [0.3, 0.4) is 0 Å². The highest BCUT2D eigenvalue weighted by atomic mass is 15.2. The normalized spacial score (nSPS) is 12.1. The summed E-state index contributed by atoms with van der Waals surface area (Å²) in [6, 6.07) is 66.5. The predicted molar refractivity (Wildman–Crippen MR) is 224 cm³/mol. The van der Waals surface area contributed by atoms with Crippen molar-refractivity contribution in [3.05, 3.63) is 194 Å². The molecule has 1 aromatic heterocycles. The first kappa shape index (κ1) is 29.7. The Labute approximate surface area is 307 Å². The highest BCUT2D eigenvalue weighted by Gasteiger charge is 2.27. The number of benzene rings is 9. The fourth-order valence-corrected chi connectivity index (χ4v) is 8.59. The van der Waals surface area contributed by atoms with Crippen LogP contribution in [0.25, 0.3) is 87.6 Å². The molecule has 2 heteroatoms. The van der Waals surface area contributed by atoms with Crippen LogP contribution in [-0.2, 0) is 0 Å². The van der Waals surface area contributed by atoms with Gasteiger partial charge in [0.15, 0.2) is 0 Å². The SMILES string of the molecule is c1ccc(-c2cc3c4c(cccc4c2)N(c2cccc(-c4cccc(-c5ccc6c7ccccc7c7ccccc7c6c5)c4)c2)c2ccncc2-3)cc1. The molecule has 10 aromatic rings. The van der Waals surface area contributed by atoms with Gasteiger partial charge in [0, 0.05) is 29.0 Å². The summed E-state index contributed by atoms with van der Waals surface area (Å²) in [4.78, 5) is 7.02. The van der Waals surface area contributed by atoms with Crippen LogP contribution in [0, 0.1) is 0 Å². The zero-order valence-corrected chi connectivity index (χ0v) is 28.9. The number of hydrogen-bond acceptors (Lipinski definition) is 2. The molecule has 0 aliphatic carbocycles. The second-order valence-electron chi connectivity index (χ2n) is 14.0. The van der Waals surface area contributed by atoms with Gasteiger partial charge >= 0.3 is 0 Å². The van der Waals surface area contributed by atoms with Gasteiger partial charge in [-0.25, -0.2) is 0 Å². The zero-order valence-electron chi connectivity index (χ0n) is 28.9. The number of hydrogen-bond donors (Lipinski definition) is 0. The molecule has 11 rings (SSSR count). The molecule has 0 atom stereocenters. The van der Waals surface area contributed by atoms with Crippen LogP contribution < -0.4 is 4.90 Å². The summed E-state index contributed by atoms with van der Waals surface area (Å²) in [7, 11) is 0. The van der Waals surface area contributed by atoms with E-state index in [0.29, 0.717) is 0 Å². The van der Waals surface area contributed by atoms with Crippen molar-refractivity contribution in [2.24, 2.45) is 0 Å². The Morgan fingerprint density at radius 2 is 0.943 bits per heavy atom. The number of pyridine rings is 1. The lowest BCUT2D eigenvalue weighted by molar-refractivity contribution is 1.24. The van der Waals surface area contributed by atoms with Crippen LogP contribution in [0.4, 0.5) is 17.1 Å². The molecule has 0 amide bonds. The number of aromatic nitrogens is 1. The summed E-state index contributed by atoms with van der Waals surface area (Å²) in [6.07, 6.45) is 3.92. The first-order valence-corrected chi connectivity index (χ1v) is 18.2. The third-order valence-corrected chi connectivity index (χ3v) is 11.0. The van der Waals surface area contributed by atoms with Gasteiger partial charge in [0.1, 0.15) is 0 Å². The van der Waals surface area contributed by atoms with Gasteiger partial charge in [0.05, 0.1) is 11.4 Å². The largest absolute Gasteiger partial charge is 0.309 e. The number of nitrogens with zero attached hydrogens (tertiary/aromatic N) is 2. The van der Waals surface area contributed by atoms with Gasteiger partial charge in [-0.2, -0.15) is 0 Å². The molecular formula is C51H32N2. The van der Waals surface area contributed by atoms with Crippen LogP contribution in [0.15, 0.2) is 194 Å². The average Bonchev–Trinajstić information content (AvgIpc) is 3.24. The Balaban J connectivity index is 1.03. The van der Waals surface area contributed by atoms with Crippen molar-refractivity contribution in [3.8, 4) is 44.5 Å². The topological polar surface area (TPSA) is 16.1 Å². The van der Waals surface area contributed by atoms with Crippen LogP contribution >= 0.6 is 0 Å².